The van der Waals surface area contributed by atoms with E-state index in [1.54, 1.807) is 0 Å². The predicted molar refractivity (Wildman–Crippen MR) is 73.9 cm³/mol. The van der Waals surface area contributed by atoms with Crippen molar-refractivity contribution in [2.45, 2.75) is 19.4 Å². The molecule has 2 unspecified atom stereocenters. The molecule has 0 bridgehead atoms. The van der Waals surface area contributed by atoms with Gasteiger partial charge in [-0.1, -0.05) is 6.92 Å². The first-order chi connectivity index (χ1) is 9.15. The van der Waals surface area contributed by atoms with Crippen molar-refractivity contribution in [1.29, 1.82) is 0 Å². The van der Waals surface area contributed by atoms with Crippen molar-refractivity contribution in [1.82, 2.24) is 20.0 Å². The van der Waals surface area contributed by atoms with Gasteiger partial charge < -0.3 is 10.1 Å². The van der Waals surface area contributed by atoms with Gasteiger partial charge in [0.25, 0.3) is 0 Å². The first kappa shape index (κ1) is 13.1. The minimum Gasteiger partial charge on any atom is -0.371 e. The average molecular weight is 264 g/mol. The lowest BCUT2D eigenvalue weighted by atomic mass is 9.89. The van der Waals surface area contributed by atoms with E-state index in [2.05, 4.69) is 28.4 Å². The smallest absolute Gasteiger partial charge is 0.0982 e. The van der Waals surface area contributed by atoms with Gasteiger partial charge in [-0.3, -0.25) is 9.58 Å². The van der Waals surface area contributed by atoms with Crippen molar-refractivity contribution in [2.75, 3.05) is 39.3 Å². The lowest BCUT2D eigenvalue weighted by Crippen LogP contribution is -2.44. The highest BCUT2D eigenvalue weighted by atomic mass is 16.5. The van der Waals surface area contributed by atoms with Crippen LogP contribution >= 0.6 is 0 Å². The summed E-state index contributed by atoms with van der Waals surface area (Å²) in [4.78, 5) is 2.55. The zero-order valence-electron chi connectivity index (χ0n) is 11.9. The first-order valence-corrected chi connectivity index (χ1v) is 7.18. The summed E-state index contributed by atoms with van der Waals surface area (Å²) in [6, 6.07) is 0. The van der Waals surface area contributed by atoms with Gasteiger partial charge >= 0.3 is 0 Å². The third kappa shape index (κ3) is 2.99. The summed E-state index contributed by atoms with van der Waals surface area (Å²) in [6.07, 6.45) is 5.45. The molecule has 2 atom stereocenters. The highest BCUT2D eigenvalue weighted by Crippen LogP contribution is 2.29. The van der Waals surface area contributed by atoms with Crippen LogP contribution in [0.1, 0.15) is 25.0 Å². The number of hydrogen-bond acceptors (Lipinski definition) is 4. The fourth-order valence-electron chi connectivity index (χ4n) is 3.20. The molecule has 3 heterocycles. The Kier molecular flexibility index (Phi) is 3.60. The van der Waals surface area contributed by atoms with Crippen molar-refractivity contribution in [3.8, 4) is 0 Å². The number of ether oxygens (including phenoxy) is 1. The van der Waals surface area contributed by atoms with Crippen LogP contribution in [0, 0.1) is 5.41 Å². The molecule has 2 aliphatic rings. The molecule has 0 amide bonds. The van der Waals surface area contributed by atoms with Crippen LogP contribution in [-0.4, -0.2) is 54.0 Å². The molecule has 0 aliphatic carbocycles. The summed E-state index contributed by atoms with van der Waals surface area (Å²) in [5.41, 5.74) is 1.62. The molecule has 106 valence electrons. The van der Waals surface area contributed by atoms with Crippen LogP contribution in [0.4, 0.5) is 0 Å². The van der Waals surface area contributed by atoms with E-state index in [1.807, 2.05) is 17.9 Å². The van der Waals surface area contributed by atoms with Gasteiger partial charge in [0.05, 0.1) is 18.9 Å². The fraction of sp³-hybridized carbons (Fsp3) is 0.786. The maximum atomic E-state index is 5.89. The molecule has 2 saturated heterocycles. The number of rotatable bonds is 3. The zero-order chi connectivity index (χ0) is 13.3. The van der Waals surface area contributed by atoms with E-state index in [-0.39, 0.29) is 6.10 Å². The van der Waals surface area contributed by atoms with Crippen LogP contribution in [0.3, 0.4) is 0 Å². The van der Waals surface area contributed by atoms with Crippen LogP contribution in [0.5, 0.6) is 0 Å². The third-order valence-corrected chi connectivity index (χ3v) is 4.31. The molecule has 0 aromatic carbocycles. The molecule has 1 aromatic heterocycles. The van der Waals surface area contributed by atoms with Gasteiger partial charge in [-0.25, -0.2) is 0 Å². The quantitative estimate of drug-likeness (QED) is 0.876. The SMILES string of the molecule is Cn1cc(C2CN(CC3(C)CCNC3)CCO2)cn1. The van der Waals surface area contributed by atoms with Crippen molar-refractivity contribution >= 4 is 0 Å². The van der Waals surface area contributed by atoms with E-state index in [9.17, 15) is 0 Å². The molecule has 5 nitrogen and oxygen atoms in total. The monoisotopic (exact) mass is 264 g/mol. The van der Waals surface area contributed by atoms with Gasteiger partial charge in [0, 0.05) is 45.0 Å². The third-order valence-electron chi connectivity index (χ3n) is 4.31. The van der Waals surface area contributed by atoms with Gasteiger partial charge in [-0.2, -0.15) is 5.10 Å². The van der Waals surface area contributed by atoms with E-state index in [0.717, 1.165) is 32.8 Å². The predicted octanol–water partition coefficient (Wildman–Crippen LogP) is 0.793. The molecule has 2 aliphatic heterocycles. The molecule has 5 heteroatoms. The number of nitrogens with zero attached hydrogens (tertiary/aromatic N) is 3. The summed E-state index contributed by atoms with van der Waals surface area (Å²) in [5.74, 6) is 0. The van der Waals surface area contributed by atoms with E-state index in [4.69, 9.17) is 4.74 Å². The molecule has 0 radical (unpaired) electrons. The average Bonchev–Trinajstić information content (AvgIpc) is 2.99. The van der Waals surface area contributed by atoms with Crippen molar-refractivity contribution in [3.05, 3.63) is 18.0 Å². The fourth-order valence-corrected chi connectivity index (χ4v) is 3.20. The van der Waals surface area contributed by atoms with Crippen LogP contribution in [0.15, 0.2) is 12.4 Å². The van der Waals surface area contributed by atoms with Gasteiger partial charge in [0.2, 0.25) is 0 Å². The van der Waals surface area contributed by atoms with Crippen LogP contribution < -0.4 is 5.32 Å². The number of hydrogen-bond donors (Lipinski definition) is 1. The standard InChI is InChI=1S/C14H24N4O/c1-14(3-4-15-10-14)11-18-5-6-19-13(9-18)12-7-16-17(2)8-12/h7-8,13,15H,3-6,9-11H2,1-2H3. The molecular formula is C14H24N4O. The largest absolute Gasteiger partial charge is 0.371 e. The topological polar surface area (TPSA) is 42.3 Å². The van der Waals surface area contributed by atoms with Crippen molar-refractivity contribution < 1.29 is 4.74 Å². The second-order valence-corrected chi connectivity index (χ2v) is 6.28. The maximum absolute atomic E-state index is 5.89. The van der Waals surface area contributed by atoms with E-state index < -0.39 is 0 Å². The van der Waals surface area contributed by atoms with Crippen LogP contribution in [0.2, 0.25) is 0 Å². The Bertz CT molecular complexity index is 425. The maximum Gasteiger partial charge on any atom is 0.0982 e. The lowest BCUT2D eigenvalue weighted by molar-refractivity contribution is -0.0400. The highest BCUT2D eigenvalue weighted by molar-refractivity contribution is 5.09. The highest BCUT2D eigenvalue weighted by Gasteiger charge is 2.33. The second-order valence-electron chi connectivity index (χ2n) is 6.28. The van der Waals surface area contributed by atoms with E-state index in [0.29, 0.717) is 5.41 Å². The van der Waals surface area contributed by atoms with E-state index >= 15 is 0 Å². The zero-order valence-corrected chi connectivity index (χ0v) is 11.9. The van der Waals surface area contributed by atoms with Crippen LogP contribution in [-0.2, 0) is 11.8 Å². The summed E-state index contributed by atoms with van der Waals surface area (Å²) in [7, 11) is 1.95. The van der Waals surface area contributed by atoms with Crippen LogP contribution in [0.25, 0.3) is 0 Å². The molecule has 1 aromatic rings. The van der Waals surface area contributed by atoms with Gasteiger partial charge in [-0.15, -0.1) is 0 Å². The molecule has 2 fully saturated rings. The lowest BCUT2D eigenvalue weighted by Gasteiger charge is -2.37. The Labute approximate surface area is 114 Å². The first-order valence-electron chi connectivity index (χ1n) is 7.18. The molecule has 0 spiro atoms. The minimum absolute atomic E-state index is 0.181. The normalized spacial score (nSPS) is 32.8. The number of nitrogens with one attached hydrogen (secondary N) is 1. The van der Waals surface area contributed by atoms with Gasteiger partial charge in [-0.05, 0) is 18.4 Å². The summed E-state index contributed by atoms with van der Waals surface area (Å²) >= 11 is 0. The number of morpholine rings is 1. The molecule has 0 saturated carbocycles. The van der Waals surface area contributed by atoms with Gasteiger partial charge in [0.1, 0.15) is 0 Å². The summed E-state index contributed by atoms with van der Waals surface area (Å²) in [6.45, 7) is 8.72. The van der Waals surface area contributed by atoms with Crippen molar-refractivity contribution in [2.24, 2.45) is 12.5 Å². The molecular weight excluding hydrogens is 240 g/mol. The molecule has 3 rings (SSSR count). The van der Waals surface area contributed by atoms with Gasteiger partial charge in [0.15, 0.2) is 0 Å². The van der Waals surface area contributed by atoms with Crippen molar-refractivity contribution in [3.63, 3.8) is 0 Å². The number of aryl methyl sites for hydroxylation is 1. The number of aromatic nitrogens is 2. The molecule has 19 heavy (non-hydrogen) atoms. The Morgan fingerprint density at radius 3 is 3.16 bits per heavy atom. The summed E-state index contributed by atoms with van der Waals surface area (Å²) < 4.78 is 7.74. The Hall–Kier alpha value is -0.910. The minimum atomic E-state index is 0.181. The summed E-state index contributed by atoms with van der Waals surface area (Å²) in [5, 5.41) is 7.72. The molecule has 1 N–H and O–H groups in total. The second kappa shape index (κ2) is 5.23. The Morgan fingerprint density at radius 1 is 1.58 bits per heavy atom. The Balaban J connectivity index is 1.61. The van der Waals surface area contributed by atoms with E-state index in [1.165, 1.54) is 18.5 Å². The Morgan fingerprint density at radius 2 is 2.47 bits per heavy atom.